The van der Waals surface area contributed by atoms with E-state index in [1.54, 1.807) is 0 Å². The Balaban J connectivity index is 1.84. The number of amides is 1. The van der Waals surface area contributed by atoms with Crippen molar-refractivity contribution >= 4 is 5.91 Å². The molecule has 1 amide bonds. The van der Waals surface area contributed by atoms with Crippen molar-refractivity contribution in [1.29, 1.82) is 0 Å². The lowest BCUT2D eigenvalue weighted by Gasteiger charge is -2.23. The number of nitrogens with one attached hydrogen (secondary N) is 1. The van der Waals surface area contributed by atoms with Gasteiger partial charge in [0.2, 0.25) is 5.91 Å². The summed E-state index contributed by atoms with van der Waals surface area (Å²) in [4.78, 5) is 14.3. The van der Waals surface area contributed by atoms with Gasteiger partial charge in [0.15, 0.2) is 0 Å². The molecule has 0 saturated carbocycles. The molecule has 110 valence electrons. The number of likely N-dealkylation sites (tertiary alicyclic amines) is 1. The fraction of sp³-hybridized carbons (Fsp3) is 0.562. The predicted molar refractivity (Wildman–Crippen MR) is 79.3 cm³/mol. The van der Waals surface area contributed by atoms with Gasteiger partial charge in [0, 0.05) is 19.7 Å². The Morgan fingerprint density at radius 3 is 2.90 bits per heavy atom. The monoisotopic (exact) mass is 276 g/mol. The molecule has 2 atom stereocenters. The summed E-state index contributed by atoms with van der Waals surface area (Å²) in [6.07, 6.45) is 0.978. The lowest BCUT2D eigenvalue weighted by Crippen LogP contribution is -2.44. The Kier molecular flexibility index (Phi) is 5.15. The molecule has 20 heavy (non-hydrogen) atoms. The molecule has 1 fully saturated rings. The molecule has 1 aliphatic rings. The van der Waals surface area contributed by atoms with Gasteiger partial charge in [-0.3, -0.25) is 9.69 Å². The number of carbonyl (C=O) groups is 1. The van der Waals surface area contributed by atoms with Crippen molar-refractivity contribution in [3.63, 3.8) is 0 Å². The van der Waals surface area contributed by atoms with Crippen molar-refractivity contribution in [2.45, 2.75) is 32.9 Å². The maximum atomic E-state index is 12.2. The molecule has 0 spiro atoms. The molecule has 1 aromatic carbocycles. The predicted octanol–water partition coefficient (Wildman–Crippen LogP) is 1.31. The second-order valence-electron chi connectivity index (χ2n) is 5.65. The number of carbonyl (C=O) groups excluding carboxylic acids is 1. The standard InChI is InChI=1S/C16H24N2O2/c1-12-5-3-4-6-15(12)9-17-16(20)13(2)18-8-7-14(10-18)11-19/h3-6,13-14,19H,7-11H2,1-2H3,(H,17,20). The zero-order valence-corrected chi connectivity index (χ0v) is 12.3. The molecule has 1 aromatic rings. The number of hydrogen-bond donors (Lipinski definition) is 2. The summed E-state index contributed by atoms with van der Waals surface area (Å²) in [6, 6.07) is 7.96. The molecule has 1 heterocycles. The van der Waals surface area contributed by atoms with Gasteiger partial charge in [-0.25, -0.2) is 0 Å². The Labute approximate surface area is 120 Å². The van der Waals surface area contributed by atoms with E-state index in [9.17, 15) is 4.79 Å². The number of aryl methyl sites for hydroxylation is 1. The molecular formula is C16H24N2O2. The summed E-state index contributed by atoms with van der Waals surface area (Å²) >= 11 is 0. The average Bonchev–Trinajstić information content (AvgIpc) is 2.94. The smallest absolute Gasteiger partial charge is 0.237 e. The van der Waals surface area contributed by atoms with Gasteiger partial charge >= 0.3 is 0 Å². The van der Waals surface area contributed by atoms with Crippen molar-refractivity contribution in [3.05, 3.63) is 35.4 Å². The van der Waals surface area contributed by atoms with Crippen LogP contribution < -0.4 is 5.32 Å². The number of benzene rings is 1. The van der Waals surface area contributed by atoms with Gasteiger partial charge in [0.05, 0.1) is 6.04 Å². The molecule has 0 aliphatic carbocycles. The van der Waals surface area contributed by atoms with Crippen LogP contribution in [0.4, 0.5) is 0 Å². The van der Waals surface area contributed by atoms with E-state index in [0.29, 0.717) is 12.5 Å². The SMILES string of the molecule is Cc1ccccc1CNC(=O)C(C)N1CCC(CO)C1. The third-order valence-electron chi connectivity index (χ3n) is 4.22. The van der Waals surface area contributed by atoms with E-state index < -0.39 is 0 Å². The van der Waals surface area contributed by atoms with Crippen LogP contribution in [-0.2, 0) is 11.3 Å². The molecule has 2 N–H and O–H groups in total. The molecule has 0 aromatic heterocycles. The Morgan fingerprint density at radius 1 is 1.50 bits per heavy atom. The molecular weight excluding hydrogens is 252 g/mol. The van der Waals surface area contributed by atoms with Crippen molar-refractivity contribution < 1.29 is 9.90 Å². The number of aliphatic hydroxyl groups is 1. The first kappa shape index (κ1) is 15.0. The highest BCUT2D eigenvalue weighted by Crippen LogP contribution is 2.18. The van der Waals surface area contributed by atoms with E-state index in [-0.39, 0.29) is 18.6 Å². The second-order valence-corrected chi connectivity index (χ2v) is 5.65. The Hall–Kier alpha value is -1.39. The summed E-state index contributed by atoms with van der Waals surface area (Å²) in [5, 5.41) is 12.2. The van der Waals surface area contributed by atoms with Crippen LogP contribution in [0.1, 0.15) is 24.5 Å². The van der Waals surface area contributed by atoms with E-state index in [0.717, 1.165) is 25.1 Å². The summed E-state index contributed by atoms with van der Waals surface area (Å²) in [6.45, 7) is 6.49. The zero-order valence-electron chi connectivity index (χ0n) is 12.3. The van der Waals surface area contributed by atoms with Crippen molar-refractivity contribution in [2.75, 3.05) is 19.7 Å². The summed E-state index contributed by atoms with van der Waals surface area (Å²) in [7, 11) is 0. The highest BCUT2D eigenvalue weighted by molar-refractivity contribution is 5.81. The molecule has 2 rings (SSSR count). The zero-order chi connectivity index (χ0) is 14.5. The summed E-state index contributed by atoms with van der Waals surface area (Å²) in [5.74, 6) is 0.383. The third-order valence-corrected chi connectivity index (χ3v) is 4.22. The van der Waals surface area contributed by atoms with Gasteiger partial charge in [-0.05, 0) is 43.9 Å². The van der Waals surface area contributed by atoms with Gasteiger partial charge in [-0.2, -0.15) is 0 Å². The van der Waals surface area contributed by atoms with Crippen molar-refractivity contribution in [1.82, 2.24) is 10.2 Å². The maximum Gasteiger partial charge on any atom is 0.237 e. The normalized spacial score (nSPS) is 20.9. The van der Waals surface area contributed by atoms with Crippen LogP contribution in [0.5, 0.6) is 0 Å². The Bertz CT molecular complexity index is 462. The first-order chi connectivity index (χ1) is 9.61. The topological polar surface area (TPSA) is 52.6 Å². The Morgan fingerprint density at radius 2 is 2.25 bits per heavy atom. The van der Waals surface area contributed by atoms with Gasteiger partial charge in [0.1, 0.15) is 0 Å². The van der Waals surface area contributed by atoms with E-state index in [1.807, 2.05) is 25.1 Å². The second kappa shape index (κ2) is 6.86. The lowest BCUT2D eigenvalue weighted by molar-refractivity contribution is -0.125. The lowest BCUT2D eigenvalue weighted by atomic mass is 10.1. The van der Waals surface area contributed by atoms with E-state index in [1.165, 1.54) is 5.56 Å². The highest BCUT2D eigenvalue weighted by atomic mass is 16.3. The van der Waals surface area contributed by atoms with Gasteiger partial charge in [-0.1, -0.05) is 24.3 Å². The quantitative estimate of drug-likeness (QED) is 0.852. The first-order valence-corrected chi connectivity index (χ1v) is 7.29. The largest absolute Gasteiger partial charge is 0.396 e. The summed E-state index contributed by atoms with van der Waals surface area (Å²) < 4.78 is 0. The van der Waals surface area contributed by atoms with Crippen LogP contribution in [0.15, 0.2) is 24.3 Å². The minimum Gasteiger partial charge on any atom is -0.396 e. The molecule has 1 aliphatic heterocycles. The van der Waals surface area contributed by atoms with Crippen LogP contribution in [0, 0.1) is 12.8 Å². The summed E-state index contributed by atoms with van der Waals surface area (Å²) in [5.41, 5.74) is 2.35. The number of hydrogen-bond acceptors (Lipinski definition) is 3. The molecule has 4 nitrogen and oxygen atoms in total. The minimum absolute atomic E-state index is 0.0619. The van der Waals surface area contributed by atoms with Gasteiger partial charge < -0.3 is 10.4 Å². The molecule has 0 bridgehead atoms. The fourth-order valence-corrected chi connectivity index (χ4v) is 2.67. The van der Waals surface area contributed by atoms with Crippen molar-refractivity contribution in [3.8, 4) is 0 Å². The minimum atomic E-state index is -0.129. The molecule has 4 heteroatoms. The first-order valence-electron chi connectivity index (χ1n) is 7.29. The molecule has 0 radical (unpaired) electrons. The number of aliphatic hydroxyl groups excluding tert-OH is 1. The maximum absolute atomic E-state index is 12.2. The van der Waals surface area contributed by atoms with E-state index in [4.69, 9.17) is 5.11 Å². The number of nitrogens with zero attached hydrogens (tertiary/aromatic N) is 1. The van der Waals surface area contributed by atoms with Crippen LogP contribution in [-0.4, -0.2) is 41.7 Å². The van der Waals surface area contributed by atoms with Gasteiger partial charge in [-0.15, -0.1) is 0 Å². The molecule has 1 saturated heterocycles. The van der Waals surface area contributed by atoms with Crippen LogP contribution in [0.2, 0.25) is 0 Å². The average molecular weight is 276 g/mol. The van der Waals surface area contributed by atoms with E-state index >= 15 is 0 Å². The van der Waals surface area contributed by atoms with Gasteiger partial charge in [0.25, 0.3) is 0 Å². The molecule has 2 unspecified atom stereocenters. The van der Waals surface area contributed by atoms with E-state index in [2.05, 4.69) is 23.2 Å². The van der Waals surface area contributed by atoms with Crippen LogP contribution in [0.3, 0.4) is 0 Å². The number of rotatable bonds is 5. The third kappa shape index (κ3) is 3.58. The highest BCUT2D eigenvalue weighted by Gasteiger charge is 2.28. The van der Waals surface area contributed by atoms with Crippen LogP contribution >= 0.6 is 0 Å². The fourth-order valence-electron chi connectivity index (χ4n) is 2.67. The van der Waals surface area contributed by atoms with Crippen molar-refractivity contribution in [2.24, 2.45) is 5.92 Å². The van der Waals surface area contributed by atoms with Crippen LogP contribution in [0.25, 0.3) is 0 Å².